The van der Waals surface area contributed by atoms with Crippen LogP contribution in [0.1, 0.15) is 49.7 Å². The summed E-state index contributed by atoms with van der Waals surface area (Å²) in [5, 5.41) is 2.74. The molecule has 0 spiro atoms. The number of aryl methyl sites for hydroxylation is 1. The second-order valence-electron chi connectivity index (χ2n) is 12.2. The molecule has 9 rings (SSSR count). The van der Waals surface area contributed by atoms with E-state index in [4.69, 9.17) is 0 Å². The molecule has 1 aromatic heterocycles. The van der Waals surface area contributed by atoms with Crippen molar-refractivity contribution in [3.05, 3.63) is 96.1 Å². The Bertz CT molecular complexity index is 1580. The van der Waals surface area contributed by atoms with Crippen LogP contribution in [0.3, 0.4) is 0 Å². The monoisotopic (exact) mass is 484 g/mol. The molecule has 178 valence electrons. The zero-order chi connectivity index (χ0) is 23.9. The SMILES string of the molecule is Cc1cc(-c2ccc(C34CC5CC(CC(C5)C3)C4)cc2)cc(-c2ccc3sc4ccccc4c3c2)c1. The lowest BCUT2D eigenvalue weighted by Gasteiger charge is -2.57. The molecule has 0 N–H and O–H groups in total. The summed E-state index contributed by atoms with van der Waals surface area (Å²) in [6.07, 6.45) is 8.84. The highest BCUT2D eigenvalue weighted by Crippen LogP contribution is 2.60. The van der Waals surface area contributed by atoms with Gasteiger partial charge in [-0.3, -0.25) is 0 Å². The quantitative estimate of drug-likeness (QED) is 0.239. The van der Waals surface area contributed by atoms with E-state index in [1.807, 2.05) is 11.3 Å². The summed E-state index contributed by atoms with van der Waals surface area (Å²) in [6.45, 7) is 2.23. The van der Waals surface area contributed by atoms with Gasteiger partial charge in [-0.25, -0.2) is 0 Å². The first-order valence-electron chi connectivity index (χ1n) is 13.8. The molecule has 0 amide bonds. The minimum Gasteiger partial charge on any atom is -0.135 e. The summed E-state index contributed by atoms with van der Waals surface area (Å²) in [6, 6.07) is 32.6. The van der Waals surface area contributed by atoms with Gasteiger partial charge in [0.15, 0.2) is 0 Å². The molecule has 0 unspecified atom stereocenters. The highest BCUT2D eigenvalue weighted by molar-refractivity contribution is 7.25. The fraction of sp³-hybridized carbons (Fsp3) is 0.314. The van der Waals surface area contributed by atoms with Crippen LogP contribution in [0.25, 0.3) is 42.4 Å². The van der Waals surface area contributed by atoms with Crippen LogP contribution >= 0.6 is 11.3 Å². The molecule has 1 heterocycles. The van der Waals surface area contributed by atoms with Crippen LogP contribution in [0.2, 0.25) is 0 Å². The number of hydrogen-bond acceptors (Lipinski definition) is 1. The van der Waals surface area contributed by atoms with Gasteiger partial charge in [0.2, 0.25) is 0 Å². The van der Waals surface area contributed by atoms with Gasteiger partial charge >= 0.3 is 0 Å². The highest BCUT2D eigenvalue weighted by atomic mass is 32.1. The average Bonchev–Trinajstić information content (AvgIpc) is 3.26. The maximum atomic E-state index is 2.48. The second-order valence-corrected chi connectivity index (χ2v) is 13.3. The Morgan fingerprint density at radius 3 is 1.92 bits per heavy atom. The Balaban J connectivity index is 1.15. The van der Waals surface area contributed by atoms with Gasteiger partial charge in [-0.1, -0.05) is 60.7 Å². The molecule has 36 heavy (non-hydrogen) atoms. The molecular formula is C35H32S. The molecule has 4 aromatic carbocycles. The number of rotatable bonds is 3. The van der Waals surface area contributed by atoms with Gasteiger partial charge in [0, 0.05) is 20.2 Å². The first kappa shape index (κ1) is 21.2. The minimum atomic E-state index is 0.476. The number of benzene rings is 4. The Kier molecular flexibility index (Phi) is 4.59. The first-order valence-corrected chi connectivity index (χ1v) is 14.6. The highest BCUT2D eigenvalue weighted by Gasteiger charge is 2.51. The predicted molar refractivity (Wildman–Crippen MR) is 155 cm³/mol. The molecule has 4 aliphatic rings. The van der Waals surface area contributed by atoms with Crippen LogP contribution in [0.15, 0.2) is 84.9 Å². The minimum absolute atomic E-state index is 0.476. The van der Waals surface area contributed by atoms with Crippen LogP contribution in [0.5, 0.6) is 0 Å². The molecule has 0 atom stereocenters. The zero-order valence-corrected chi connectivity index (χ0v) is 21.8. The van der Waals surface area contributed by atoms with Crippen molar-refractivity contribution in [1.29, 1.82) is 0 Å². The molecule has 5 aromatic rings. The predicted octanol–water partition coefficient (Wildman–Crippen LogP) is 10.2. The molecule has 0 aliphatic heterocycles. The fourth-order valence-corrected chi connectivity index (χ4v) is 9.59. The standard InChI is InChI=1S/C35H32S/c1-22-12-28(17-29(13-22)27-8-11-34-32(18-27)31-4-2-3-5-33(31)36-34)26-6-9-30(10-7-26)35-19-23-14-24(20-35)16-25(15-23)21-35/h2-13,17-18,23-25H,14-16,19-21H2,1H3. The molecule has 4 bridgehead atoms. The van der Waals surface area contributed by atoms with E-state index >= 15 is 0 Å². The maximum absolute atomic E-state index is 2.48. The lowest BCUT2D eigenvalue weighted by Crippen LogP contribution is -2.48. The van der Waals surface area contributed by atoms with Crippen LogP contribution in [-0.4, -0.2) is 0 Å². The van der Waals surface area contributed by atoms with Gasteiger partial charge in [0.25, 0.3) is 0 Å². The van der Waals surface area contributed by atoms with E-state index in [0.717, 1.165) is 17.8 Å². The van der Waals surface area contributed by atoms with Crippen LogP contribution in [0, 0.1) is 24.7 Å². The molecule has 4 fully saturated rings. The third kappa shape index (κ3) is 3.32. The Morgan fingerprint density at radius 2 is 1.19 bits per heavy atom. The van der Waals surface area contributed by atoms with E-state index in [9.17, 15) is 0 Å². The van der Waals surface area contributed by atoms with Gasteiger partial charge < -0.3 is 0 Å². The van der Waals surface area contributed by atoms with E-state index in [0.29, 0.717) is 5.41 Å². The summed E-state index contributed by atoms with van der Waals surface area (Å²) in [5.74, 6) is 2.98. The number of hydrogen-bond donors (Lipinski definition) is 0. The summed E-state index contributed by atoms with van der Waals surface area (Å²) in [7, 11) is 0. The van der Waals surface area contributed by atoms with Crippen LogP contribution < -0.4 is 0 Å². The van der Waals surface area contributed by atoms with Gasteiger partial charge in [-0.15, -0.1) is 11.3 Å². The molecule has 0 saturated heterocycles. The van der Waals surface area contributed by atoms with Crippen molar-refractivity contribution in [2.45, 2.75) is 50.9 Å². The van der Waals surface area contributed by atoms with Crippen LogP contribution in [-0.2, 0) is 5.41 Å². The van der Waals surface area contributed by atoms with Crippen molar-refractivity contribution < 1.29 is 0 Å². The van der Waals surface area contributed by atoms with E-state index in [1.54, 1.807) is 5.56 Å². The summed E-state index contributed by atoms with van der Waals surface area (Å²) < 4.78 is 2.74. The van der Waals surface area contributed by atoms with Crippen molar-refractivity contribution >= 4 is 31.5 Å². The molecule has 0 radical (unpaired) electrons. The molecule has 0 nitrogen and oxygen atoms in total. The molecule has 4 saturated carbocycles. The average molecular weight is 485 g/mol. The van der Waals surface area contributed by atoms with Crippen molar-refractivity contribution in [2.75, 3.05) is 0 Å². The second kappa shape index (κ2) is 7.80. The van der Waals surface area contributed by atoms with Crippen LogP contribution in [0.4, 0.5) is 0 Å². The topological polar surface area (TPSA) is 0 Å². The van der Waals surface area contributed by atoms with Crippen molar-refractivity contribution in [3.63, 3.8) is 0 Å². The summed E-state index contributed by atoms with van der Waals surface area (Å²) in [5.41, 5.74) is 8.71. The normalized spacial score (nSPS) is 26.8. The van der Waals surface area contributed by atoms with E-state index in [-0.39, 0.29) is 0 Å². The smallest absolute Gasteiger partial charge is 0.0355 e. The molecular weight excluding hydrogens is 452 g/mol. The lowest BCUT2D eigenvalue weighted by molar-refractivity contribution is -0.00518. The Labute approximate surface area is 218 Å². The summed E-state index contributed by atoms with van der Waals surface area (Å²) >= 11 is 1.89. The third-order valence-electron chi connectivity index (χ3n) is 9.66. The maximum Gasteiger partial charge on any atom is 0.0355 e. The number of thiophene rings is 1. The van der Waals surface area contributed by atoms with E-state index in [2.05, 4.69) is 91.9 Å². The van der Waals surface area contributed by atoms with Gasteiger partial charge in [0.1, 0.15) is 0 Å². The van der Waals surface area contributed by atoms with Gasteiger partial charge in [-0.05, 0) is 126 Å². The van der Waals surface area contributed by atoms with Gasteiger partial charge in [0.05, 0.1) is 0 Å². The molecule has 1 heteroatoms. The largest absolute Gasteiger partial charge is 0.135 e. The van der Waals surface area contributed by atoms with Crippen molar-refractivity contribution in [2.24, 2.45) is 17.8 Å². The van der Waals surface area contributed by atoms with E-state index < -0.39 is 0 Å². The van der Waals surface area contributed by atoms with E-state index in [1.165, 1.54) is 86.5 Å². The fourth-order valence-electron chi connectivity index (χ4n) is 8.50. The Hall–Kier alpha value is -2.90. The van der Waals surface area contributed by atoms with Crippen molar-refractivity contribution in [1.82, 2.24) is 0 Å². The molecule has 4 aliphatic carbocycles. The first-order chi connectivity index (χ1) is 17.6. The summed E-state index contributed by atoms with van der Waals surface area (Å²) in [4.78, 5) is 0. The third-order valence-corrected chi connectivity index (χ3v) is 10.8. The number of fused-ring (bicyclic) bond motifs is 3. The Morgan fingerprint density at radius 1 is 0.583 bits per heavy atom. The zero-order valence-electron chi connectivity index (χ0n) is 21.0. The van der Waals surface area contributed by atoms with Crippen molar-refractivity contribution in [3.8, 4) is 22.3 Å². The van der Waals surface area contributed by atoms with Gasteiger partial charge in [-0.2, -0.15) is 0 Å². The lowest BCUT2D eigenvalue weighted by atomic mass is 9.48.